The third-order valence-corrected chi connectivity index (χ3v) is 4.55. The zero-order chi connectivity index (χ0) is 11.7. The summed E-state index contributed by atoms with van der Waals surface area (Å²) < 4.78 is 0. The fourth-order valence-electron chi connectivity index (χ4n) is 2.65. The Balaban J connectivity index is 2.11. The topological polar surface area (TPSA) is 29.3 Å². The lowest BCUT2D eigenvalue weighted by molar-refractivity contribution is 0.159. The highest BCUT2D eigenvalue weighted by Crippen LogP contribution is 2.31. The van der Waals surface area contributed by atoms with Gasteiger partial charge in [-0.3, -0.25) is 4.90 Å². The number of nitrogens with two attached hydrogens (primary N) is 1. The van der Waals surface area contributed by atoms with E-state index in [4.69, 9.17) is 5.73 Å². The van der Waals surface area contributed by atoms with E-state index in [-0.39, 0.29) is 0 Å². The lowest BCUT2D eigenvalue weighted by atomic mass is 10.0. The number of aryl methyl sites for hydroxylation is 2. The molecular weight excluding hydrogens is 216 g/mol. The Hall–Kier alpha value is -0.380. The second-order valence-corrected chi connectivity index (χ2v) is 6.40. The average molecular weight is 238 g/mol. The van der Waals surface area contributed by atoms with E-state index in [1.54, 1.807) is 0 Å². The van der Waals surface area contributed by atoms with Crippen LogP contribution in [0.2, 0.25) is 0 Å². The first-order valence-corrected chi connectivity index (χ1v) is 6.96. The molecule has 3 heteroatoms. The van der Waals surface area contributed by atoms with Crippen molar-refractivity contribution in [1.29, 1.82) is 0 Å². The van der Waals surface area contributed by atoms with Crippen LogP contribution in [-0.2, 0) is 0 Å². The average Bonchev–Trinajstić information content (AvgIpc) is 2.57. The molecule has 2 heterocycles. The second kappa shape index (κ2) is 4.86. The number of thiophene rings is 1. The van der Waals surface area contributed by atoms with Crippen LogP contribution in [0.5, 0.6) is 0 Å². The van der Waals surface area contributed by atoms with Gasteiger partial charge in [0, 0.05) is 28.4 Å². The minimum Gasteiger partial charge on any atom is -0.327 e. The van der Waals surface area contributed by atoms with E-state index in [0.717, 1.165) is 6.54 Å². The predicted octanol–water partition coefficient (Wildman–Crippen LogP) is 2.85. The van der Waals surface area contributed by atoms with Crippen LogP contribution in [0.15, 0.2) is 6.07 Å². The molecule has 1 aliphatic heterocycles. The fourth-order valence-corrected chi connectivity index (χ4v) is 3.67. The molecule has 1 saturated heterocycles. The Bertz CT molecular complexity index is 359. The van der Waals surface area contributed by atoms with Crippen molar-refractivity contribution in [1.82, 2.24) is 4.90 Å². The number of likely N-dealkylation sites (tertiary alicyclic amines) is 1. The van der Waals surface area contributed by atoms with Crippen LogP contribution in [0, 0.1) is 13.8 Å². The number of rotatable bonds is 2. The molecule has 2 unspecified atom stereocenters. The first-order valence-electron chi connectivity index (χ1n) is 6.14. The van der Waals surface area contributed by atoms with E-state index in [9.17, 15) is 0 Å². The standard InChI is InChI=1S/C13H22N2S/c1-9-7-13(11(3)16-9)10(2)15-6-4-5-12(14)8-15/h7,10,12H,4-6,8,14H2,1-3H3. The molecule has 0 amide bonds. The van der Waals surface area contributed by atoms with Crippen LogP contribution in [0.3, 0.4) is 0 Å². The molecule has 90 valence electrons. The molecular formula is C13H22N2S. The van der Waals surface area contributed by atoms with Gasteiger partial charge in [0.15, 0.2) is 0 Å². The van der Waals surface area contributed by atoms with E-state index in [2.05, 4.69) is 31.7 Å². The first kappa shape index (κ1) is 12.1. The van der Waals surface area contributed by atoms with Gasteiger partial charge in [-0.05, 0) is 51.8 Å². The molecule has 0 saturated carbocycles. The third kappa shape index (κ3) is 2.47. The maximum Gasteiger partial charge on any atom is 0.0331 e. The number of nitrogens with zero attached hydrogens (tertiary/aromatic N) is 1. The highest BCUT2D eigenvalue weighted by atomic mass is 32.1. The summed E-state index contributed by atoms with van der Waals surface area (Å²) in [6.07, 6.45) is 2.43. The summed E-state index contributed by atoms with van der Waals surface area (Å²) in [6.45, 7) is 8.98. The van der Waals surface area contributed by atoms with Gasteiger partial charge in [-0.15, -0.1) is 11.3 Å². The number of hydrogen-bond donors (Lipinski definition) is 1. The zero-order valence-electron chi connectivity index (χ0n) is 10.5. The van der Waals surface area contributed by atoms with Gasteiger partial charge in [-0.2, -0.15) is 0 Å². The van der Waals surface area contributed by atoms with Crippen LogP contribution in [-0.4, -0.2) is 24.0 Å². The molecule has 0 radical (unpaired) electrons. The summed E-state index contributed by atoms with van der Waals surface area (Å²) in [7, 11) is 0. The molecule has 0 aromatic carbocycles. The van der Waals surface area contributed by atoms with Crippen molar-refractivity contribution in [2.75, 3.05) is 13.1 Å². The maximum atomic E-state index is 6.05. The van der Waals surface area contributed by atoms with Crippen molar-refractivity contribution in [3.8, 4) is 0 Å². The minimum absolute atomic E-state index is 0.372. The van der Waals surface area contributed by atoms with E-state index >= 15 is 0 Å². The molecule has 1 aliphatic rings. The van der Waals surface area contributed by atoms with Crippen LogP contribution in [0.4, 0.5) is 0 Å². The largest absolute Gasteiger partial charge is 0.327 e. The monoisotopic (exact) mass is 238 g/mol. The molecule has 2 N–H and O–H groups in total. The Morgan fingerprint density at radius 3 is 2.81 bits per heavy atom. The number of piperidine rings is 1. The van der Waals surface area contributed by atoms with E-state index in [0.29, 0.717) is 12.1 Å². The van der Waals surface area contributed by atoms with Crippen molar-refractivity contribution < 1.29 is 0 Å². The maximum absolute atomic E-state index is 6.05. The highest BCUT2D eigenvalue weighted by Gasteiger charge is 2.23. The molecule has 2 atom stereocenters. The minimum atomic E-state index is 0.372. The lowest BCUT2D eigenvalue weighted by Crippen LogP contribution is -2.43. The molecule has 0 bridgehead atoms. The van der Waals surface area contributed by atoms with Gasteiger partial charge in [0.1, 0.15) is 0 Å². The van der Waals surface area contributed by atoms with Crippen molar-refractivity contribution in [3.63, 3.8) is 0 Å². The highest BCUT2D eigenvalue weighted by molar-refractivity contribution is 7.12. The fraction of sp³-hybridized carbons (Fsp3) is 0.692. The molecule has 0 spiro atoms. The van der Waals surface area contributed by atoms with Gasteiger partial charge >= 0.3 is 0 Å². The second-order valence-electron chi connectivity index (χ2n) is 4.94. The summed E-state index contributed by atoms with van der Waals surface area (Å²) in [5.41, 5.74) is 7.54. The van der Waals surface area contributed by atoms with Crippen LogP contribution in [0.25, 0.3) is 0 Å². The Morgan fingerprint density at radius 2 is 2.25 bits per heavy atom. The van der Waals surface area contributed by atoms with Gasteiger partial charge in [0.25, 0.3) is 0 Å². The van der Waals surface area contributed by atoms with Crippen LogP contribution >= 0.6 is 11.3 Å². The predicted molar refractivity (Wildman–Crippen MR) is 71.0 cm³/mol. The van der Waals surface area contributed by atoms with Crippen molar-refractivity contribution in [2.24, 2.45) is 5.73 Å². The van der Waals surface area contributed by atoms with E-state index in [1.807, 2.05) is 11.3 Å². The molecule has 1 fully saturated rings. The summed E-state index contributed by atoms with van der Waals surface area (Å²) in [5, 5.41) is 0. The molecule has 1 aromatic heterocycles. The molecule has 2 nitrogen and oxygen atoms in total. The Morgan fingerprint density at radius 1 is 1.50 bits per heavy atom. The number of hydrogen-bond acceptors (Lipinski definition) is 3. The summed E-state index contributed by atoms with van der Waals surface area (Å²) >= 11 is 1.90. The quantitative estimate of drug-likeness (QED) is 0.858. The van der Waals surface area contributed by atoms with Crippen LogP contribution < -0.4 is 5.73 Å². The molecule has 2 rings (SSSR count). The van der Waals surface area contributed by atoms with Crippen molar-refractivity contribution in [3.05, 3.63) is 21.4 Å². The first-order chi connectivity index (χ1) is 7.58. The lowest BCUT2D eigenvalue weighted by Gasteiger charge is -2.35. The van der Waals surface area contributed by atoms with Crippen molar-refractivity contribution in [2.45, 2.75) is 45.7 Å². The van der Waals surface area contributed by atoms with Crippen LogP contribution in [0.1, 0.15) is 41.1 Å². The molecule has 16 heavy (non-hydrogen) atoms. The summed E-state index contributed by atoms with van der Waals surface area (Å²) in [6, 6.07) is 3.23. The van der Waals surface area contributed by atoms with Gasteiger partial charge in [0.05, 0.1) is 0 Å². The zero-order valence-corrected chi connectivity index (χ0v) is 11.3. The SMILES string of the molecule is Cc1cc(C(C)N2CCCC(N)C2)c(C)s1. The Labute approximate surface area is 102 Å². The Kier molecular flexibility index (Phi) is 3.67. The van der Waals surface area contributed by atoms with Crippen molar-refractivity contribution >= 4 is 11.3 Å². The summed E-state index contributed by atoms with van der Waals surface area (Å²) in [5.74, 6) is 0. The third-order valence-electron chi connectivity index (χ3n) is 3.57. The summed E-state index contributed by atoms with van der Waals surface area (Å²) in [4.78, 5) is 5.41. The van der Waals surface area contributed by atoms with Gasteiger partial charge in [-0.25, -0.2) is 0 Å². The molecule has 1 aromatic rings. The van der Waals surface area contributed by atoms with Gasteiger partial charge in [-0.1, -0.05) is 0 Å². The smallest absolute Gasteiger partial charge is 0.0331 e. The molecule has 0 aliphatic carbocycles. The van der Waals surface area contributed by atoms with Gasteiger partial charge in [0.2, 0.25) is 0 Å². The normalized spacial score (nSPS) is 24.6. The van der Waals surface area contributed by atoms with E-state index in [1.165, 1.54) is 34.7 Å². The van der Waals surface area contributed by atoms with Gasteiger partial charge < -0.3 is 5.73 Å². The van der Waals surface area contributed by atoms with E-state index < -0.39 is 0 Å².